The normalized spacial score (nSPS) is 17.5. The predicted molar refractivity (Wildman–Crippen MR) is 92.1 cm³/mol. The van der Waals surface area contributed by atoms with Gasteiger partial charge in [0.1, 0.15) is 11.6 Å². The van der Waals surface area contributed by atoms with E-state index in [0.717, 1.165) is 37.3 Å². The molecule has 1 aliphatic heterocycles. The minimum atomic E-state index is -0.440. The summed E-state index contributed by atoms with van der Waals surface area (Å²) in [5, 5.41) is 9.83. The third-order valence-corrected chi connectivity index (χ3v) is 4.69. The van der Waals surface area contributed by atoms with Crippen LogP contribution in [0.15, 0.2) is 41.3 Å². The van der Waals surface area contributed by atoms with E-state index < -0.39 is 5.56 Å². The van der Waals surface area contributed by atoms with E-state index >= 15 is 0 Å². The molecule has 1 aromatic carbocycles. The number of aromatic hydroxyl groups is 1. The third-order valence-electron chi connectivity index (χ3n) is 4.69. The molecule has 1 aliphatic rings. The molecule has 0 saturated carbocycles. The summed E-state index contributed by atoms with van der Waals surface area (Å²) in [6.07, 6.45) is 4.98. The van der Waals surface area contributed by atoms with E-state index in [9.17, 15) is 19.1 Å². The fraction of sp³-hybridized carbons (Fsp3) is 0.368. The van der Waals surface area contributed by atoms with E-state index in [1.165, 1.54) is 18.3 Å². The molecule has 1 unspecified atom stereocenters. The molecule has 6 heteroatoms. The number of rotatable bonds is 4. The molecule has 2 N–H and O–H groups in total. The number of aryl methyl sites for hydroxylation is 1. The number of H-pyrrole nitrogens is 1. The van der Waals surface area contributed by atoms with Gasteiger partial charge in [0.25, 0.3) is 11.5 Å². The number of nitrogens with zero attached hydrogens (tertiary/aromatic N) is 1. The second kappa shape index (κ2) is 7.51. The molecular weight excluding hydrogens is 323 g/mol. The summed E-state index contributed by atoms with van der Waals surface area (Å²) < 4.78 is 13.0. The van der Waals surface area contributed by atoms with Crippen molar-refractivity contribution in [2.75, 3.05) is 13.1 Å². The number of hydrogen-bond donors (Lipinski definition) is 2. The minimum Gasteiger partial charge on any atom is -0.507 e. The summed E-state index contributed by atoms with van der Waals surface area (Å²) >= 11 is 0. The Bertz CT molecular complexity index is 801. The van der Waals surface area contributed by atoms with Gasteiger partial charge in [-0.2, -0.15) is 0 Å². The lowest BCUT2D eigenvalue weighted by atomic mass is 9.91. The fourth-order valence-corrected chi connectivity index (χ4v) is 3.31. The third kappa shape index (κ3) is 4.26. The number of pyridine rings is 1. The number of halogens is 1. The van der Waals surface area contributed by atoms with Gasteiger partial charge in [0.15, 0.2) is 0 Å². The summed E-state index contributed by atoms with van der Waals surface area (Å²) in [5.41, 5.74) is 0.770. The number of amides is 1. The van der Waals surface area contributed by atoms with E-state index in [4.69, 9.17) is 0 Å². The van der Waals surface area contributed by atoms with Gasteiger partial charge < -0.3 is 15.0 Å². The van der Waals surface area contributed by atoms with Crippen molar-refractivity contribution < 1.29 is 14.3 Å². The molecule has 0 spiro atoms. The molecule has 0 aliphatic carbocycles. The van der Waals surface area contributed by atoms with Gasteiger partial charge in [0.05, 0.1) is 5.56 Å². The Balaban J connectivity index is 1.61. The zero-order valence-electron chi connectivity index (χ0n) is 13.9. The second-order valence-electron chi connectivity index (χ2n) is 6.52. The molecule has 3 rings (SSSR count). The van der Waals surface area contributed by atoms with Gasteiger partial charge in [-0.25, -0.2) is 4.39 Å². The van der Waals surface area contributed by atoms with E-state index in [2.05, 4.69) is 4.98 Å². The van der Waals surface area contributed by atoms with E-state index in [-0.39, 0.29) is 23.0 Å². The number of hydrogen-bond acceptors (Lipinski definition) is 3. The average Bonchev–Trinajstić information content (AvgIpc) is 2.61. The minimum absolute atomic E-state index is 0.124. The van der Waals surface area contributed by atoms with Crippen molar-refractivity contribution in [1.29, 1.82) is 0 Å². The van der Waals surface area contributed by atoms with E-state index in [1.54, 1.807) is 17.0 Å². The first-order valence-electron chi connectivity index (χ1n) is 8.48. The fourth-order valence-electron chi connectivity index (χ4n) is 3.31. The van der Waals surface area contributed by atoms with Crippen LogP contribution in [0.5, 0.6) is 5.75 Å². The molecule has 2 heterocycles. The van der Waals surface area contributed by atoms with Crippen LogP contribution in [-0.4, -0.2) is 34.0 Å². The summed E-state index contributed by atoms with van der Waals surface area (Å²) in [6, 6.07) is 7.53. The molecule has 1 fully saturated rings. The molecule has 132 valence electrons. The molecule has 2 aromatic rings. The Morgan fingerprint density at radius 2 is 2.08 bits per heavy atom. The molecule has 5 nitrogen and oxygen atoms in total. The lowest BCUT2D eigenvalue weighted by molar-refractivity contribution is 0.0665. The molecule has 1 saturated heterocycles. The molecule has 0 bridgehead atoms. The molecule has 0 radical (unpaired) electrons. The predicted octanol–water partition coefficient (Wildman–Crippen LogP) is 2.70. The maximum absolute atomic E-state index is 13.0. The van der Waals surface area contributed by atoms with Crippen LogP contribution in [0, 0.1) is 11.7 Å². The summed E-state index contributed by atoms with van der Waals surface area (Å²) in [6.45, 7) is 1.27. The van der Waals surface area contributed by atoms with Gasteiger partial charge in [-0.1, -0.05) is 12.1 Å². The van der Waals surface area contributed by atoms with Crippen LogP contribution in [0.25, 0.3) is 0 Å². The maximum Gasteiger partial charge on any atom is 0.259 e. The molecule has 1 atom stereocenters. The average molecular weight is 344 g/mol. The van der Waals surface area contributed by atoms with Crippen LogP contribution < -0.4 is 5.56 Å². The number of benzene rings is 1. The lowest BCUT2D eigenvalue weighted by Crippen LogP contribution is -2.40. The van der Waals surface area contributed by atoms with Crippen molar-refractivity contribution >= 4 is 5.91 Å². The Kier molecular flexibility index (Phi) is 5.16. The number of likely N-dealkylation sites (tertiary alicyclic amines) is 1. The zero-order chi connectivity index (χ0) is 17.8. The van der Waals surface area contributed by atoms with Crippen molar-refractivity contribution in [2.24, 2.45) is 5.92 Å². The number of carbonyl (C=O) groups excluding carboxylic acids is 1. The van der Waals surface area contributed by atoms with Crippen molar-refractivity contribution in [3.05, 3.63) is 63.8 Å². The lowest BCUT2D eigenvalue weighted by Gasteiger charge is -2.33. The quantitative estimate of drug-likeness (QED) is 0.896. The van der Waals surface area contributed by atoms with Gasteiger partial charge in [-0.05, 0) is 49.3 Å². The Morgan fingerprint density at radius 3 is 2.80 bits per heavy atom. The summed E-state index contributed by atoms with van der Waals surface area (Å²) in [7, 11) is 0. The highest BCUT2D eigenvalue weighted by molar-refractivity contribution is 5.96. The number of carbonyl (C=O) groups is 1. The van der Waals surface area contributed by atoms with Crippen LogP contribution in [-0.2, 0) is 6.42 Å². The number of nitrogens with one attached hydrogen (secondary N) is 1. The standard InChI is InChI=1S/C19H21FN2O3/c20-15-7-5-13(6-8-15)3-4-14-2-1-9-22(12-14)19(25)16-11-21-18(24)10-17(16)23/h5-8,10-11,14H,1-4,9,12H2,(H2,21,23,24). The highest BCUT2D eigenvalue weighted by Gasteiger charge is 2.26. The van der Waals surface area contributed by atoms with Gasteiger partial charge in [-0.3, -0.25) is 9.59 Å². The number of aromatic nitrogens is 1. The van der Waals surface area contributed by atoms with Crippen LogP contribution >= 0.6 is 0 Å². The largest absolute Gasteiger partial charge is 0.507 e. The van der Waals surface area contributed by atoms with Gasteiger partial charge in [0, 0.05) is 25.4 Å². The molecular formula is C19H21FN2O3. The molecule has 25 heavy (non-hydrogen) atoms. The van der Waals surface area contributed by atoms with Crippen molar-refractivity contribution in [3.63, 3.8) is 0 Å². The van der Waals surface area contributed by atoms with Gasteiger partial charge in [0.2, 0.25) is 0 Å². The summed E-state index contributed by atoms with van der Waals surface area (Å²) in [5.74, 6) is -0.422. The Morgan fingerprint density at radius 1 is 1.32 bits per heavy atom. The smallest absolute Gasteiger partial charge is 0.259 e. The van der Waals surface area contributed by atoms with E-state index in [1.807, 2.05) is 0 Å². The van der Waals surface area contributed by atoms with Crippen LogP contribution in [0.3, 0.4) is 0 Å². The highest BCUT2D eigenvalue weighted by atomic mass is 19.1. The SMILES string of the molecule is O=C(c1c[nH]c(=O)cc1O)N1CCCC(CCc2ccc(F)cc2)C1. The Labute approximate surface area is 145 Å². The summed E-state index contributed by atoms with van der Waals surface area (Å²) in [4.78, 5) is 27.9. The monoisotopic (exact) mass is 344 g/mol. The zero-order valence-corrected chi connectivity index (χ0v) is 13.9. The van der Waals surface area contributed by atoms with Gasteiger partial charge >= 0.3 is 0 Å². The van der Waals surface area contributed by atoms with Crippen molar-refractivity contribution in [3.8, 4) is 5.75 Å². The highest BCUT2D eigenvalue weighted by Crippen LogP contribution is 2.24. The first-order valence-corrected chi connectivity index (χ1v) is 8.48. The number of aromatic amines is 1. The first-order chi connectivity index (χ1) is 12.0. The van der Waals surface area contributed by atoms with Crippen molar-refractivity contribution in [2.45, 2.75) is 25.7 Å². The van der Waals surface area contributed by atoms with Crippen LogP contribution in [0.2, 0.25) is 0 Å². The number of piperidine rings is 1. The molecule has 1 amide bonds. The molecule has 1 aromatic heterocycles. The van der Waals surface area contributed by atoms with Crippen LogP contribution in [0.1, 0.15) is 35.2 Å². The van der Waals surface area contributed by atoms with E-state index in [0.29, 0.717) is 19.0 Å². The van der Waals surface area contributed by atoms with Crippen molar-refractivity contribution in [1.82, 2.24) is 9.88 Å². The second-order valence-corrected chi connectivity index (χ2v) is 6.52. The first kappa shape index (κ1) is 17.2. The van der Waals surface area contributed by atoms with Gasteiger partial charge in [-0.15, -0.1) is 0 Å². The Hall–Kier alpha value is -2.63. The topological polar surface area (TPSA) is 73.4 Å². The van der Waals surface area contributed by atoms with Crippen LogP contribution in [0.4, 0.5) is 4.39 Å². The maximum atomic E-state index is 13.0.